The summed E-state index contributed by atoms with van der Waals surface area (Å²) in [4.78, 5) is 27.1. The number of carboxylic acids is 1. The Balaban J connectivity index is 1.74. The molecule has 1 aromatic carbocycles. The quantitative estimate of drug-likeness (QED) is 0.584. The van der Waals surface area contributed by atoms with Gasteiger partial charge in [0.25, 0.3) is 5.91 Å². The molecule has 0 atom stereocenters. The smallest absolute Gasteiger partial charge is 0.303 e. The first kappa shape index (κ1) is 19.5. The topological polar surface area (TPSA) is 94.2 Å². The van der Waals surface area contributed by atoms with E-state index in [1.807, 2.05) is 32.1 Å². The van der Waals surface area contributed by atoms with Crippen molar-refractivity contribution < 1.29 is 14.7 Å². The number of piperidine rings is 1. The number of fused-ring (bicyclic) bond motifs is 1. The number of carbonyl (C=O) groups excluding carboxylic acids is 1. The van der Waals surface area contributed by atoms with Crippen molar-refractivity contribution in [2.45, 2.75) is 45.4 Å². The maximum atomic E-state index is 12.8. The van der Waals surface area contributed by atoms with Crippen LogP contribution in [-0.4, -0.2) is 35.1 Å². The summed E-state index contributed by atoms with van der Waals surface area (Å²) in [5, 5.41) is 15.4. The zero-order valence-corrected chi connectivity index (χ0v) is 16.9. The van der Waals surface area contributed by atoms with Crippen molar-refractivity contribution in [2.75, 3.05) is 18.4 Å². The van der Waals surface area contributed by atoms with Crippen molar-refractivity contribution in [3.63, 3.8) is 0 Å². The third-order valence-corrected chi connectivity index (χ3v) is 6.15. The number of anilines is 1. The number of rotatable bonds is 5. The zero-order chi connectivity index (χ0) is 20.5. The molecule has 0 saturated carbocycles. The van der Waals surface area contributed by atoms with E-state index in [-0.39, 0.29) is 12.3 Å². The molecule has 2 aromatic rings. The van der Waals surface area contributed by atoms with Gasteiger partial charge in [-0.25, -0.2) is 0 Å². The van der Waals surface area contributed by atoms with Crippen LogP contribution in [0.5, 0.6) is 0 Å². The SMILES string of the molecule is Cc1[nH]c(C=C2C(=O)Nc3cccc(C4CCNCC4)c32)c(C)c1CCC(=O)O. The van der Waals surface area contributed by atoms with Crippen LogP contribution in [0.2, 0.25) is 0 Å². The van der Waals surface area contributed by atoms with Crippen LogP contribution in [0.15, 0.2) is 18.2 Å². The first-order chi connectivity index (χ1) is 14.0. The average Bonchev–Trinajstić information content (AvgIpc) is 3.16. The highest BCUT2D eigenvalue weighted by Crippen LogP contribution is 2.41. The molecule has 3 heterocycles. The summed E-state index contributed by atoms with van der Waals surface area (Å²) < 4.78 is 0. The van der Waals surface area contributed by atoms with E-state index in [9.17, 15) is 9.59 Å². The summed E-state index contributed by atoms with van der Waals surface area (Å²) >= 11 is 0. The van der Waals surface area contributed by atoms with E-state index in [2.05, 4.69) is 21.7 Å². The van der Waals surface area contributed by atoms with E-state index < -0.39 is 5.97 Å². The molecule has 2 aliphatic rings. The molecule has 6 nitrogen and oxygen atoms in total. The highest BCUT2D eigenvalue weighted by molar-refractivity contribution is 6.35. The van der Waals surface area contributed by atoms with Gasteiger partial charge in [-0.1, -0.05) is 12.1 Å². The van der Waals surface area contributed by atoms with Gasteiger partial charge in [-0.05, 0) is 81.0 Å². The van der Waals surface area contributed by atoms with Crippen LogP contribution in [0.4, 0.5) is 5.69 Å². The fourth-order valence-electron chi connectivity index (χ4n) is 4.60. The molecule has 0 radical (unpaired) electrons. The second-order valence-corrected chi connectivity index (χ2v) is 7.97. The third-order valence-electron chi connectivity index (χ3n) is 6.15. The van der Waals surface area contributed by atoms with E-state index in [1.165, 1.54) is 5.56 Å². The van der Waals surface area contributed by atoms with Gasteiger partial charge in [0.15, 0.2) is 0 Å². The van der Waals surface area contributed by atoms with Crippen molar-refractivity contribution in [3.05, 3.63) is 51.8 Å². The van der Waals surface area contributed by atoms with Crippen molar-refractivity contribution in [1.82, 2.24) is 10.3 Å². The Hall–Kier alpha value is -2.86. The van der Waals surface area contributed by atoms with Gasteiger partial charge in [-0.2, -0.15) is 0 Å². The number of carboxylic acid groups (broad SMARTS) is 1. The van der Waals surface area contributed by atoms with Crippen molar-refractivity contribution in [3.8, 4) is 0 Å². The minimum atomic E-state index is -0.805. The molecule has 1 saturated heterocycles. The lowest BCUT2D eigenvalue weighted by Gasteiger charge is -2.25. The molecule has 1 aromatic heterocycles. The molecular weight excluding hydrogens is 366 g/mol. The molecule has 0 aliphatic carbocycles. The number of hydrogen-bond donors (Lipinski definition) is 4. The highest BCUT2D eigenvalue weighted by atomic mass is 16.4. The molecule has 1 fully saturated rings. The molecule has 0 spiro atoms. The van der Waals surface area contributed by atoms with Gasteiger partial charge in [0.1, 0.15) is 0 Å². The number of hydrogen-bond acceptors (Lipinski definition) is 3. The second-order valence-electron chi connectivity index (χ2n) is 7.97. The first-order valence-corrected chi connectivity index (χ1v) is 10.2. The van der Waals surface area contributed by atoms with Crippen LogP contribution in [0.1, 0.15) is 58.8 Å². The van der Waals surface area contributed by atoms with Crippen LogP contribution in [-0.2, 0) is 16.0 Å². The van der Waals surface area contributed by atoms with Gasteiger partial charge < -0.3 is 20.7 Å². The van der Waals surface area contributed by atoms with Gasteiger partial charge in [-0.3, -0.25) is 9.59 Å². The number of aliphatic carboxylic acids is 1. The molecule has 2 aliphatic heterocycles. The summed E-state index contributed by atoms with van der Waals surface area (Å²) in [6.45, 7) is 5.93. The Morgan fingerprint density at radius 3 is 2.72 bits per heavy atom. The van der Waals surface area contributed by atoms with Crippen LogP contribution in [0, 0.1) is 13.8 Å². The molecule has 6 heteroatoms. The number of carbonyl (C=O) groups is 2. The number of aryl methyl sites for hydroxylation is 1. The summed E-state index contributed by atoms with van der Waals surface area (Å²) in [5.74, 6) is -0.444. The lowest BCUT2D eigenvalue weighted by molar-refractivity contribution is -0.137. The Morgan fingerprint density at radius 1 is 1.24 bits per heavy atom. The zero-order valence-electron chi connectivity index (χ0n) is 16.9. The van der Waals surface area contributed by atoms with Crippen LogP contribution in [0.3, 0.4) is 0 Å². The molecule has 4 rings (SSSR count). The Kier molecular flexibility index (Phi) is 5.28. The maximum Gasteiger partial charge on any atom is 0.303 e. The van der Waals surface area contributed by atoms with Crippen LogP contribution >= 0.6 is 0 Å². The first-order valence-electron chi connectivity index (χ1n) is 10.2. The Labute approximate surface area is 170 Å². The van der Waals surface area contributed by atoms with Crippen molar-refractivity contribution in [2.24, 2.45) is 0 Å². The lowest BCUT2D eigenvalue weighted by atomic mass is 9.85. The van der Waals surface area contributed by atoms with E-state index in [0.29, 0.717) is 17.9 Å². The van der Waals surface area contributed by atoms with E-state index in [1.54, 1.807) is 0 Å². The van der Waals surface area contributed by atoms with Gasteiger partial charge in [0.05, 0.1) is 5.57 Å². The molecule has 29 heavy (non-hydrogen) atoms. The fourth-order valence-corrected chi connectivity index (χ4v) is 4.60. The predicted molar refractivity (Wildman–Crippen MR) is 114 cm³/mol. The molecule has 0 bridgehead atoms. The average molecular weight is 393 g/mol. The molecule has 0 unspecified atom stereocenters. The molecule has 1 amide bonds. The molecule has 4 N–H and O–H groups in total. The van der Waals surface area contributed by atoms with Gasteiger partial charge >= 0.3 is 5.97 Å². The van der Waals surface area contributed by atoms with Gasteiger partial charge in [0.2, 0.25) is 0 Å². The number of amides is 1. The summed E-state index contributed by atoms with van der Waals surface area (Å²) in [7, 11) is 0. The van der Waals surface area contributed by atoms with Gasteiger partial charge in [-0.15, -0.1) is 0 Å². The summed E-state index contributed by atoms with van der Waals surface area (Å²) in [6.07, 6.45) is 4.64. The van der Waals surface area contributed by atoms with E-state index in [4.69, 9.17) is 5.11 Å². The van der Waals surface area contributed by atoms with Gasteiger partial charge in [0, 0.05) is 29.1 Å². The standard InChI is InChI=1S/C23H27N3O3/c1-13-16(6-7-21(27)28)14(2)25-20(13)12-18-22-17(15-8-10-24-11-9-15)4-3-5-19(22)26-23(18)29/h3-5,12,15,24-25H,6-11H2,1-2H3,(H,26,29)(H,27,28). The number of nitrogens with one attached hydrogen (secondary N) is 3. The second kappa shape index (κ2) is 7.87. The monoisotopic (exact) mass is 393 g/mol. The maximum absolute atomic E-state index is 12.8. The van der Waals surface area contributed by atoms with Crippen molar-refractivity contribution >= 4 is 29.2 Å². The number of H-pyrrole nitrogens is 1. The highest BCUT2D eigenvalue weighted by Gasteiger charge is 2.30. The lowest BCUT2D eigenvalue weighted by Crippen LogP contribution is -2.27. The van der Waals surface area contributed by atoms with Crippen LogP contribution in [0.25, 0.3) is 11.6 Å². The minimum Gasteiger partial charge on any atom is -0.481 e. The third kappa shape index (κ3) is 3.72. The molecular formula is C23H27N3O3. The predicted octanol–water partition coefficient (Wildman–Crippen LogP) is 3.61. The normalized spacial score (nSPS) is 18.1. The number of aromatic nitrogens is 1. The number of aromatic amines is 1. The van der Waals surface area contributed by atoms with E-state index in [0.717, 1.165) is 59.7 Å². The molecule has 152 valence electrons. The summed E-state index contributed by atoms with van der Waals surface area (Å²) in [5.41, 5.74) is 7.68. The fraction of sp³-hybridized carbons (Fsp3) is 0.391. The number of benzene rings is 1. The van der Waals surface area contributed by atoms with E-state index >= 15 is 0 Å². The Morgan fingerprint density at radius 2 is 2.00 bits per heavy atom. The largest absolute Gasteiger partial charge is 0.481 e. The van der Waals surface area contributed by atoms with Crippen molar-refractivity contribution in [1.29, 1.82) is 0 Å². The summed E-state index contributed by atoms with van der Waals surface area (Å²) in [6, 6.07) is 6.13. The Bertz CT molecular complexity index is 997. The van der Waals surface area contributed by atoms with Crippen LogP contribution < -0.4 is 10.6 Å². The minimum absolute atomic E-state index is 0.0832.